The molecule has 0 unspecified atom stereocenters. The summed E-state index contributed by atoms with van der Waals surface area (Å²) in [6.45, 7) is 4.79. The van der Waals surface area contributed by atoms with Gasteiger partial charge in [-0.05, 0) is 85.6 Å². The number of amides is 3. The fourth-order valence-corrected chi connectivity index (χ4v) is 7.90. The Balaban J connectivity index is 1.29. The maximum absolute atomic E-state index is 14.9. The SMILES string of the molecule is COCCCc1cc(CN(C(=O)C2=C(c3ccc(OCCOc4c(Cl)cc(C)cc4Cl)nc3)C[C@@H]3CN(C(C)=O)C[C@H]2N3C(=O)O)C2CC2)c(Cl)cn1. The van der Waals surface area contributed by atoms with Gasteiger partial charge in [0.25, 0.3) is 5.91 Å². The molecule has 1 saturated heterocycles. The van der Waals surface area contributed by atoms with Crippen LogP contribution in [0.1, 0.15) is 55.0 Å². The molecule has 4 heterocycles. The van der Waals surface area contributed by atoms with Gasteiger partial charge >= 0.3 is 6.09 Å². The molecule has 3 aromatic rings. The van der Waals surface area contributed by atoms with E-state index in [4.69, 9.17) is 49.0 Å². The van der Waals surface area contributed by atoms with Gasteiger partial charge in [0.1, 0.15) is 13.2 Å². The molecule has 2 fully saturated rings. The van der Waals surface area contributed by atoms with Crippen LogP contribution in [0.5, 0.6) is 11.6 Å². The second-order valence-electron chi connectivity index (χ2n) is 13.5. The lowest BCUT2D eigenvalue weighted by Gasteiger charge is -2.50. The van der Waals surface area contributed by atoms with Gasteiger partial charge in [-0.2, -0.15) is 0 Å². The Morgan fingerprint density at radius 2 is 1.70 bits per heavy atom. The van der Waals surface area contributed by atoms with Gasteiger partial charge in [0.05, 0.1) is 27.2 Å². The Kier molecular flexibility index (Phi) is 12.3. The average Bonchev–Trinajstić information content (AvgIpc) is 3.96. The number of methoxy groups -OCH3 is 1. The van der Waals surface area contributed by atoms with Crippen LogP contribution in [0.25, 0.3) is 5.57 Å². The van der Waals surface area contributed by atoms with E-state index in [2.05, 4.69) is 9.97 Å². The van der Waals surface area contributed by atoms with Crippen molar-refractivity contribution in [3.63, 3.8) is 0 Å². The van der Waals surface area contributed by atoms with Gasteiger partial charge in [0.2, 0.25) is 11.8 Å². The Morgan fingerprint density at radius 3 is 2.34 bits per heavy atom. The number of benzene rings is 1. The first-order valence-corrected chi connectivity index (χ1v) is 18.7. The summed E-state index contributed by atoms with van der Waals surface area (Å²) in [7, 11) is 1.65. The monoisotopic (exact) mass is 785 g/mol. The number of piperazine rings is 1. The number of hydrogen-bond acceptors (Lipinski definition) is 8. The molecule has 2 aliphatic heterocycles. The highest BCUT2D eigenvalue weighted by Crippen LogP contribution is 2.41. The Morgan fingerprint density at radius 1 is 0.962 bits per heavy atom. The molecule has 3 amide bonds. The van der Waals surface area contributed by atoms with Crippen molar-refractivity contribution in [2.24, 2.45) is 0 Å². The summed E-state index contributed by atoms with van der Waals surface area (Å²) in [5.41, 5.74) is 4.22. The van der Waals surface area contributed by atoms with Gasteiger partial charge < -0.3 is 29.1 Å². The van der Waals surface area contributed by atoms with Crippen molar-refractivity contribution in [1.29, 1.82) is 0 Å². The summed E-state index contributed by atoms with van der Waals surface area (Å²) >= 11 is 19.2. The highest BCUT2D eigenvalue weighted by Gasteiger charge is 2.49. The van der Waals surface area contributed by atoms with Crippen LogP contribution in [0.15, 0.2) is 48.3 Å². The molecule has 0 spiro atoms. The number of ether oxygens (including phenoxy) is 3. The number of aromatic nitrogens is 2. The molecular formula is C38H42Cl3N5O7. The lowest BCUT2D eigenvalue weighted by molar-refractivity contribution is -0.135. The molecule has 1 aliphatic carbocycles. The van der Waals surface area contributed by atoms with Crippen molar-refractivity contribution >= 4 is 58.3 Å². The normalized spacial score (nSPS) is 18.2. The molecular weight excluding hydrogens is 745 g/mol. The first-order valence-electron chi connectivity index (χ1n) is 17.6. The third-order valence-electron chi connectivity index (χ3n) is 9.72. The predicted octanol–water partition coefficient (Wildman–Crippen LogP) is 6.71. The van der Waals surface area contributed by atoms with E-state index in [-0.39, 0.29) is 57.1 Å². The molecule has 2 atom stereocenters. The van der Waals surface area contributed by atoms with Crippen LogP contribution in [0.4, 0.5) is 4.79 Å². The van der Waals surface area contributed by atoms with E-state index < -0.39 is 18.2 Å². The summed E-state index contributed by atoms with van der Waals surface area (Å²) in [6, 6.07) is 7.52. The number of hydrogen-bond donors (Lipinski definition) is 1. The molecule has 1 N–H and O–H groups in total. The van der Waals surface area contributed by atoms with E-state index in [0.29, 0.717) is 56.4 Å². The van der Waals surface area contributed by atoms with Crippen molar-refractivity contribution < 1.29 is 33.7 Å². The lowest BCUT2D eigenvalue weighted by Crippen LogP contribution is -2.64. The van der Waals surface area contributed by atoms with E-state index in [1.54, 1.807) is 47.5 Å². The van der Waals surface area contributed by atoms with Crippen LogP contribution in [-0.2, 0) is 27.3 Å². The van der Waals surface area contributed by atoms with Crippen molar-refractivity contribution in [2.45, 2.75) is 70.6 Å². The molecule has 12 nitrogen and oxygen atoms in total. The fourth-order valence-electron chi connectivity index (χ4n) is 7.03. The van der Waals surface area contributed by atoms with E-state index in [9.17, 15) is 19.5 Å². The molecule has 6 rings (SSSR count). The molecule has 1 aromatic carbocycles. The Hall–Kier alpha value is -4.10. The minimum absolute atomic E-state index is 0.0401. The van der Waals surface area contributed by atoms with Crippen LogP contribution >= 0.6 is 34.8 Å². The minimum Gasteiger partial charge on any atom is -0.487 e. The van der Waals surface area contributed by atoms with Gasteiger partial charge in [0.15, 0.2) is 5.75 Å². The number of aryl methyl sites for hydroxylation is 2. The smallest absolute Gasteiger partial charge is 0.408 e. The first kappa shape index (κ1) is 38.6. The number of carbonyl (C=O) groups is 3. The van der Waals surface area contributed by atoms with Gasteiger partial charge in [-0.25, -0.2) is 9.78 Å². The second kappa shape index (κ2) is 16.9. The third kappa shape index (κ3) is 9.00. The maximum atomic E-state index is 14.9. The number of halogens is 3. The largest absolute Gasteiger partial charge is 0.487 e. The van der Waals surface area contributed by atoms with E-state index >= 15 is 0 Å². The number of carboxylic acid groups (broad SMARTS) is 1. The summed E-state index contributed by atoms with van der Waals surface area (Å²) in [4.78, 5) is 54.1. The zero-order valence-corrected chi connectivity index (χ0v) is 32.1. The maximum Gasteiger partial charge on any atom is 0.408 e. The number of nitrogens with zero attached hydrogens (tertiary/aromatic N) is 5. The van der Waals surface area contributed by atoms with Crippen LogP contribution in [0, 0.1) is 6.92 Å². The topological polar surface area (TPSA) is 135 Å². The van der Waals surface area contributed by atoms with E-state index in [1.165, 1.54) is 11.8 Å². The van der Waals surface area contributed by atoms with Crippen molar-refractivity contribution in [3.05, 3.63) is 85.8 Å². The second-order valence-corrected chi connectivity index (χ2v) is 14.8. The van der Waals surface area contributed by atoms with Gasteiger partial charge in [-0.3, -0.25) is 19.5 Å². The number of rotatable bonds is 14. The molecule has 282 valence electrons. The van der Waals surface area contributed by atoms with Crippen LogP contribution < -0.4 is 9.47 Å². The molecule has 0 radical (unpaired) electrons. The number of pyridine rings is 2. The zero-order valence-electron chi connectivity index (χ0n) is 29.8. The molecule has 3 aliphatic rings. The summed E-state index contributed by atoms with van der Waals surface area (Å²) in [5, 5.41) is 11.7. The van der Waals surface area contributed by atoms with Gasteiger partial charge in [-0.15, -0.1) is 0 Å². The highest BCUT2D eigenvalue weighted by atomic mass is 35.5. The molecule has 1 saturated carbocycles. The molecule has 2 bridgehead atoms. The summed E-state index contributed by atoms with van der Waals surface area (Å²) in [6.07, 6.45) is 5.43. The zero-order chi connectivity index (χ0) is 37.8. The Bertz CT molecular complexity index is 1870. The third-order valence-corrected chi connectivity index (χ3v) is 10.6. The number of carbonyl (C=O) groups excluding carboxylic acids is 2. The van der Waals surface area contributed by atoms with Crippen LogP contribution in [-0.4, -0.2) is 106 Å². The first-order chi connectivity index (χ1) is 25.4. The van der Waals surface area contributed by atoms with Gasteiger partial charge in [0, 0.05) is 76.0 Å². The molecule has 2 aromatic heterocycles. The highest BCUT2D eigenvalue weighted by molar-refractivity contribution is 6.37. The average molecular weight is 787 g/mol. The Labute approximate surface area is 323 Å². The molecule has 15 heteroatoms. The van der Waals surface area contributed by atoms with Crippen molar-refractivity contribution in [1.82, 2.24) is 24.7 Å². The standard InChI is InChI=1S/C38H42Cl3N5O7/c1-22-13-30(39)36(31(40)14-22)53-12-11-52-34-9-6-24(17-43-34)29-16-28-20-44(23(2)47)21-33(46(28)38(49)50)35(29)37(48)45(27-7-8-27)19-25-15-26(5-4-10-51-3)42-18-32(25)41/h6,9,13-15,17-18,27-28,33H,4-5,7-8,10-12,16,19-21H2,1-3H3,(H,49,50)/t28-,33-/m1/s1. The van der Waals surface area contributed by atoms with Crippen LogP contribution in [0.2, 0.25) is 15.1 Å². The fraction of sp³-hybridized carbons (Fsp3) is 0.447. The van der Waals surface area contributed by atoms with Crippen molar-refractivity contribution in [2.75, 3.05) is 40.0 Å². The van der Waals surface area contributed by atoms with Gasteiger partial charge in [-0.1, -0.05) is 34.8 Å². The summed E-state index contributed by atoms with van der Waals surface area (Å²) in [5.74, 6) is 0.252. The quantitative estimate of drug-likeness (QED) is 0.177. The predicted molar refractivity (Wildman–Crippen MR) is 201 cm³/mol. The lowest BCUT2D eigenvalue weighted by atomic mass is 9.81. The van der Waals surface area contributed by atoms with E-state index in [1.807, 2.05) is 19.1 Å². The summed E-state index contributed by atoms with van der Waals surface area (Å²) < 4.78 is 16.8. The van der Waals surface area contributed by atoms with E-state index in [0.717, 1.165) is 36.1 Å². The molecule has 53 heavy (non-hydrogen) atoms. The number of fused-ring (bicyclic) bond motifs is 2. The van der Waals surface area contributed by atoms with Crippen molar-refractivity contribution in [3.8, 4) is 11.6 Å². The minimum atomic E-state index is -1.14. The van der Waals surface area contributed by atoms with Crippen LogP contribution in [0.3, 0.4) is 0 Å².